The van der Waals surface area contributed by atoms with Crippen LogP contribution in [0.15, 0.2) is 72.8 Å². The highest BCUT2D eigenvalue weighted by atomic mass is 19.1. The Morgan fingerprint density at radius 3 is 2.42 bits per heavy atom. The van der Waals surface area contributed by atoms with Gasteiger partial charge in [0.2, 0.25) is 5.91 Å². The molecule has 228 valence electrons. The third-order valence-corrected chi connectivity index (χ3v) is 8.41. The molecule has 0 saturated carbocycles. The largest absolute Gasteiger partial charge is 0.445 e. The molecule has 5 atom stereocenters. The SMILES string of the molecule is CC[C@H](C[C@H](O)[C@H](Cc1cc(F)cc(F)c1)NC(=O)OCc1ccccc1)C(=O)N1C2c3ccccc3CC2OC1(C)C. The van der Waals surface area contributed by atoms with Gasteiger partial charge in [-0.05, 0) is 67.5 Å². The molecular weight excluding hydrogens is 554 g/mol. The number of nitrogens with zero attached hydrogens (tertiary/aromatic N) is 1. The van der Waals surface area contributed by atoms with Gasteiger partial charge in [0.15, 0.2) is 0 Å². The van der Waals surface area contributed by atoms with E-state index in [2.05, 4.69) is 11.4 Å². The van der Waals surface area contributed by atoms with E-state index in [-0.39, 0.29) is 43.1 Å². The Kier molecular flexibility index (Phi) is 9.13. The van der Waals surface area contributed by atoms with Gasteiger partial charge in [-0.15, -0.1) is 0 Å². The van der Waals surface area contributed by atoms with Gasteiger partial charge < -0.3 is 24.8 Å². The molecule has 5 rings (SSSR count). The highest BCUT2D eigenvalue weighted by Gasteiger charge is 2.54. The van der Waals surface area contributed by atoms with Gasteiger partial charge in [-0.2, -0.15) is 0 Å². The molecule has 3 aromatic rings. The number of amides is 2. The van der Waals surface area contributed by atoms with Crippen LogP contribution in [0.1, 0.15) is 61.9 Å². The summed E-state index contributed by atoms with van der Waals surface area (Å²) in [5.41, 5.74) is 2.40. The van der Waals surface area contributed by atoms with Gasteiger partial charge in [-0.25, -0.2) is 13.6 Å². The van der Waals surface area contributed by atoms with E-state index < -0.39 is 41.5 Å². The van der Waals surface area contributed by atoms with Crippen LogP contribution in [0.3, 0.4) is 0 Å². The monoisotopic (exact) mass is 592 g/mol. The Hall–Kier alpha value is -3.82. The van der Waals surface area contributed by atoms with Crippen LogP contribution in [0.25, 0.3) is 0 Å². The smallest absolute Gasteiger partial charge is 0.407 e. The van der Waals surface area contributed by atoms with Gasteiger partial charge in [0, 0.05) is 18.4 Å². The van der Waals surface area contributed by atoms with Crippen LogP contribution in [0, 0.1) is 17.6 Å². The number of carbonyl (C=O) groups is 2. The third-order valence-electron chi connectivity index (χ3n) is 8.41. The molecule has 0 aromatic heterocycles. The van der Waals surface area contributed by atoms with E-state index in [1.807, 2.05) is 69.3 Å². The molecule has 2 N–H and O–H groups in total. The molecule has 43 heavy (non-hydrogen) atoms. The standard InChI is InChI=1S/C34H38F2N2O5/c1-4-23(32(40)38-31-27-13-9-8-12-24(27)18-30(31)43-34(38,2)3)17-29(39)28(16-22-14-25(35)19-26(36)15-22)37-33(41)42-20-21-10-6-5-7-11-21/h5-15,19,23,28-31,39H,4,16-18,20H2,1-3H3,(H,37,41)/t23-,28+,29+,30?,31?/m1/s1. The molecule has 1 aliphatic heterocycles. The van der Waals surface area contributed by atoms with Gasteiger partial charge in [-0.3, -0.25) is 4.79 Å². The predicted octanol–water partition coefficient (Wildman–Crippen LogP) is 5.84. The van der Waals surface area contributed by atoms with Crippen molar-refractivity contribution < 1.29 is 33.0 Å². The average Bonchev–Trinajstić information content (AvgIpc) is 3.44. The maximum Gasteiger partial charge on any atom is 0.407 e. The summed E-state index contributed by atoms with van der Waals surface area (Å²) in [6, 6.07) is 19.0. The number of fused-ring (bicyclic) bond motifs is 3. The zero-order valence-corrected chi connectivity index (χ0v) is 24.6. The van der Waals surface area contributed by atoms with Crippen molar-refractivity contribution >= 4 is 12.0 Å². The van der Waals surface area contributed by atoms with Crippen LogP contribution in [-0.4, -0.2) is 46.0 Å². The minimum Gasteiger partial charge on any atom is -0.445 e. The quantitative estimate of drug-likeness (QED) is 0.309. The maximum atomic E-state index is 14.2. The lowest BCUT2D eigenvalue weighted by Gasteiger charge is -2.37. The van der Waals surface area contributed by atoms with Crippen LogP contribution in [0.5, 0.6) is 0 Å². The zero-order chi connectivity index (χ0) is 30.7. The van der Waals surface area contributed by atoms with E-state index in [1.165, 1.54) is 0 Å². The maximum absolute atomic E-state index is 14.2. The summed E-state index contributed by atoms with van der Waals surface area (Å²) in [4.78, 5) is 28.7. The number of nitrogens with one attached hydrogen (secondary N) is 1. The topological polar surface area (TPSA) is 88.1 Å². The second-order valence-corrected chi connectivity index (χ2v) is 11.9. The van der Waals surface area contributed by atoms with Crippen LogP contribution >= 0.6 is 0 Å². The van der Waals surface area contributed by atoms with E-state index in [0.717, 1.165) is 41.3 Å². The summed E-state index contributed by atoms with van der Waals surface area (Å²) >= 11 is 0. The fourth-order valence-electron chi connectivity index (χ4n) is 6.39. The van der Waals surface area contributed by atoms with Gasteiger partial charge in [0.25, 0.3) is 0 Å². The molecular formula is C34H38F2N2O5. The number of hydrogen-bond acceptors (Lipinski definition) is 5. The first-order valence-corrected chi connectivity index (χ1v) is 14.7. The summed E-state index contributed by atoms with van der Waals surface area (Å²) in [6.45, 7) is 5.63. The van der Waals surface area contributed by atoms with Gasteiger partial charge in [0.05, 0.1) is 24.3 Å². The molecule has 7 nitrogen and oxygen atoms in total. The van der Waals surface area contributed by atoms with Crippen molar-refractivity contribution in [2.24, 2.45) is 5.92 Å². The molecule has 9 heteroatoms. The highest BCUT2D eigenvalue weighted by molar-refractivity contribution is 5.81. The molecule has 0 radical (unpaired) electrons. The zero-order valence-electron chi connectivity index (χ0n) is 24.6. The van der Waals surface area contributed by atoms with Crippen molar-refractivity contribution in [2.75, 3.05) is 0 Å². The molecule has 2 aliphatic rings. The highest BCUT2D eigenvalue weighted by Crippen LogP contribution is 2.49. The Morgan fingerprint density at radius 1 is 1.05 bits per heavy atom. The fourth-order valence-corrected chi connectivity index (χ4v) is 6.39. The number of halogens is 2. The van der Waals surface area contributed by atoms with Crippen molar-refractivity contribution in [2.45, 2.75) is 83.1 Å². The van der Waals surface area contributed by atoms with Crippen molar-refractivity contribution in [3.8, 4) is 0 Å². The summed E-state index contributed by atoms with van der Waals surface area (Å²) < 4.78 is 39.7. The first kappa shape index (κ1) is 30.6. The summed E-state index contributed by atoms with van der Waals surface area (Å²) in [5.74, 6) is -2.28. The Morgan fingerprint density at radius 2 is 1.72 bits per heavy atom. The minimum absolute atomic E-state index is 0.00816. The second kappa shape index (κ2) is 12.8. The third kappa shape index (κ3) is 6.89. The molecule has 0 bridgehead atoms. The Labute approximate surface area is 250 Å². The molecule has 1 fully saturated rings. The number of benzene rings is 3. The molecule has 1 heterocycles. The first-order chi connectivity index (χ1) is 20.6. The molecule has 1 aliphatic carbocycles. The molecule has 0 spiro atoms. The molecule has 2 unspecified atom stereocenters. The van der Waals surface area contributed by atoms with E-state index >= 15 is 0 Å². The van der Waals surface area contributed by atoms with Gasteiger partial charge in [-0.1, -0.05) is 61.5 Å². The van der Waals surface area contributed by atoms with Crippen molar-refractivity contribution in [1.82, 2.24) is 10.2 Å². The second-order valence-electron chi connectivity index (χ2n) is 11.9. The van der Waals surface area contributed by atoms with Crippen LogP contribution in [0.4, 0.5) is 13.6 Å². The van der Waals surface area contributed by atoms with Gasteiger partial charge >= 0.3 is 6.09 Å². The number of carbonyl (C=O) groups excluding carboxylic acids is 2. The lowest BCUT2D eigenvalue weighted by Crippen LogP contribution is -2.50. The Balaban J connectivity index is 1.33. The van der Waals surface area contributed by atoms with E-state index in [0.29, 0.717) is 6.42 Å². The van der Waals surface area contributed by atoms with Crippen molar-refractivity contribution in [1.29, 1.82) is 0 Å². The van der Waals surface area contributed by atoms with Crippen LogP contribution in [0.2, 0.25) is 0 Å². The molecule has 2 amide bonds. The van der Waals surface area contributed by atoms with Crippen LogP contribution in [-0.2, 0) is 33.7 Å². The lowest BCUT2D eigenvalue weighted by molar-refractivity contribution is -0.153. The summed E-state index contributed by atoms with van der Waals surface area (Å²) in [7, 11) is 0. The number of ether oxygens (including phenoxy) is 2. The van der Waals surface area contributed by atoms with Gasteiger partial charge in [0.1, 0.15) is 24.0 Å². The minimum atomic E-state index is -1.22. The number of aliphatic hydroxyl groups excluding tert-OH is 1. The molecule has 1 saturated heterocycles. The van der Waals surface area contributed by atoms with Crippen molar-refractivity contribution in [3.05, 3.63) is 107 Å². The number of rotatable bonds is 10. The Bertz CT molecular complexity index is 1430. The predicted molar refractivity (Wildman–Crippen MR) is 157 cm³/mol. The van der Waals surface area contributed by atoms with E-state index in [1.54, 1.807) is 4.90 Å². The van der Waals surface area contributed by atoms with E-state index in [9.17, 15) is 23.5 Å². The lowest BCUT2D eigenvalue weighted by atomic mass is 9.90. The number of aliphatic hydroxyl groups is 1. The normalized spacial score (nSPS) is 20.6. The average molecular weight is 593 g/mol. The number of hydrogen-bond donors (Lipinski definition) is 2. The fraction of sp³-hybridized carbons (Fsp3) is 0.412. The summed E-state index contributed by atoms with van der Waals surface area (Å²) in [5, 5.41) is 14.1. The number of alkyl carbamates (subject to hydrolysis) is 1. The molecule has 3 aromatic carbocycles. The van der Waals surface area contributed by atoms with E-state index in [4.69, 9.17) is 9.47 Å². The van der Waals surface area contributed by atoms with Crippen molar-refractivity contribution in [3.63, 3.8) is 0 Å². The first-order valence-electron chi connectivity index (χ1n) is 14.7. The summed E-state index contributed by atoms with van der Waals surface area (Å²) in [6.07, 6.45) is -1.07. The van der Waals surface area contributed by atoms with Crippen LogP contribution < -0.4 is 5.32 Å².